The lowest BCUT2D eigenvalue weighted by atomic mass is 9.72. The fourth-order valence-electron chi connectivity index (χ4n) is 1.82. The van der Waals surface area contributed by atoms with E-state index in [-0.39, 0.29) is 0 Å². The highest BCUT2D eigenvalue weighted by atomic mass is 16.4. The molecule has 0 radical (unpaired) electrons. The Morgan fingerprint density at radius 1 is 1.38 bits per heavy atom. The minimum Gasteiger partial charge on any atom is -0.480 e. The van der Waals surface area contributed by atoms with Gasteiger partial charge in [-0.05, 0) is 26.7 Å². The molecule has 0 fully saturated rings. The van der Waals surface area contributed by atoms with Crippen LogP contribution in [0.5, 0.6) is 0 Å². The topological polar surface area (TPSA) is 37.3 Å². The third-order valence-corrected chi connectivity index (χ3v) is 3.03. The molecule has 0 aromatic heterocycles. The van der Waals surface area contributed by atoms with Gasteiger partial charge in [0.1, 0.15) is 5.41 Å². The minimum atomic E-state index is -0.785. The minimum absolute atomic E-state index is 0.354. The van der Waals surface area contributed by atoms with Crippen LogP contribution < -0.4 is 0 Å². The number of rotatable bonds is 1. The van der Waals surface area contributed by atoms with Crippen molar-refractivity contribution in [2.24, 2.45) is 11.3 Å². The molecular formula is C11H16O2. The normalized spacial score (nSPS) is 33.7. The van der Waals surface area contributed by atoms with Gasteiger partial charge in [-0.2, -0.15) is 0 Å². The molecule has 0 bridgehead atoms. The van der Waals surface area contributed by atoms with Gasteiger partial charge < -0.3 is 5.11 Å². The zero-order valence-electron chi connectivity index (χ0n) is 8.59. The summed E-state index contributed by atoms with van der Waals surface area (Å²) in [6, 6.07) is 0. The second kappa shape index (κ2) is 3.02. The molecule has 0 aromatic rings. The molecule has 0 heterocycles. The fourth-order valence-corrected chi connectivity index (χ4v) is 1.82. The third-order valence-electron chi connectivity index (χ3n) is 3.03. The Bertz CT molecular complexity index is 277. The van der Waals surface area contributed by atoms with Crippen molar-refractivity contribution in [1.29, 1.82) is 0 Å². The van der Waals surface area contributed by atoms with Crippen LogP contribution in [0.1, 0.15) is 27.7 Å². The summed E-state index contributed by atoms with van der Waals surface area (Å²) in [6.07, 6.45) is 4.03. The highest BCUT2D eigenvalue weighted by Gasteiger charge is 2.38. The second-order valence-electron chi connectivity index (χ2n) is 3.99. The second-order valence-corrected chi connectivity index (χ2v) is 3.99. The molecule has 1 aliphatic carbocycles. The first-order valence-electron chi connectivity index (χ1n) is 4.50. The Hall–Kier alpha value is -1.05. The molecule has 0 unspecified atom stereocenters. The Kier molecular flexibility index (Phi) is 2.33. The molecule has 0 atom stereocenters. The van der Waals surface area contributed by atoms with Gasteiger partial charge in [-0.25, -0.2) is 0 Å². The first kappa shape index (κ1) is 10.0. The fraction of sp³-hybridized carbons (Fsp3) is 0.545. The van der Waals surface area contributed by atoms with E-state index in [1.165, 1.54) is 0 Å². The lowest BCUT2D eigenvalue weighted by Crippen LogP contribution is -2.32. The van der Waals surface area contributed by atoms with E-state index in [1.807, 2.05) is 26.0 Å². The summed E-state index contributed by atoms with van der Waals surface area (Å²) < 4.78 is 0. The molecule has 0 saturated heterocycles. The number of carboxylic acids is 1. The maximum absolute atomic E-state index is 11.1. The smallest absolute Gasteiger partial charge is 0.317 e. The number of carboxylic acid groups (broad SMARTS) is 1. The average Bonchev–Trinajstić information content (AvgIpc) is 1.99. The molecule has 13 heavy (non-hydrogen) atoms. The van der Waals surface area contributed by atoms with Crippen LogP contribution in [-0.2, 0) is 4.79 Å². The molecule has 0 amide bonds. The monoisotopic (exact) mass is 180 g/mol. The van der Waals surface area contributed by atoms with Gasteiger partial charge in [-0.1, -0.05) is 30.2 Å². The Labute approximate surface area is 79.0 Å². The van der Waals surface area contributed by atoms with Crippen molar-refractivity contribution < 1.29 is 9.90 Å². The summed E-state index contributed by atoms with van der Waals surface area (Å²) in [5, 5.41) is 9.14. The summed E-state index contributed by atoms with van der Waals surface area (Å²) in [7, 11) is 0. The van der Waals surface area contributed by atoms with Crippen LogP contribution in [0.25, 0.3) is 0 Å². The molecule has 1 N–H and O–H groups in total. The summed E-state index contributed by atoms with van der Waals surface area (Å²) in [5.74, 6) is -0.408. The maximum Gasteiger partial charge on any atom is 0.317 e. The van der Waals surface area contributed by atoms with Gasteiger partial charge in [0.2, 0.25) is 0 Å². The zero-order chi connectivity index (χ0) is 10.2. The van der Waals surface area contributed by atoms with E-state index >= 15 is 0 Å². The average molecular weight is 180 g/mol. The van der Waals surface area contributed by atoms with Crippen LogP contribution in [0.2, 0.25) is 0 Å². The lowest BCUT2D eigenvalue weighted by molar-refractivity contribution is -0.143. The molecule has 0 saturated carbocycles. The summed E-state index contributed by atoms with van der Waals surface area (Å²) in [6.45, 7) is 7.61. The van der Waals surface area contributed by atoms with Crippen molar-refractivity contribution >= 4 is 5.97 Å². The van der Waals surface area contributed by atoms with E-state index in [4.69, 9.17) is 5.11 Å². The number of hydrogen-bond donors (Lipinski definition) is 1. The van der Waals surface area contributed by atoms with E-state index < -0.39 is 11.4 Å². The van der Waals surface area contributed by atoms with E-state index in [2.05, 4.69) is 6.92 Å². The SMILES string of the molecule is CC1=CC(C)C=C(C)C1(C)C(=O)O. The van der Waals surface area contributed by atoms with Gasteiger partial charge >= 0.3 is 5.97 Å². The molecule has 1 rings (SSSR count). The zero-order valence-corrected chi connectivity index (χ0v) is 8.59. The third kappa shape index (κ3) is 1.41. The molecule has 0 aliphatic heterocycles. The van der Waals surface area contributed by atoms with Crippen molar-refractivity contribution in [2.45, 2.75) is 27.7 Å². The first-order chi connectivity index (χ1) is 5.89. The van der Waals surface area contributed by atoms with E-state index in [1.54, 1.807) is 6.92 Å². The van der Waals surface area contributed by atoms with Gasteiger partial charge in [-0.3, -0.25) is 4.79 Å². The number of aliphatic carboxylic acids is 1. The highest BCUT2D eigenvalue weighted by molar-refractivity contribution is 5.82. The van der Waals surface area contributed by atoms with Gasteiger partial charge in [0.15, 0.2) is 0 Å². The number of carbonyl (C=O) groups is 1. The quantitative estimate of drug-likeness (QED) is 0.630. The van der Waals surface area contributed by atoms with Crippen LogP contribution in [0.3, 0.4) is 0 Å². The van der Waals surface area contributed by atoms with E-state index in [0.29, 0.717) is 5.92 Å². The van der Waals surface area contributed by atoms with Crippen molar-refractivity contribution in [3.63, 3.8) is 0 Å². The summed E-state index contributed by atoms with van der Waals surface area (Å²) in [5.41, 5.74) is 1.09. The van der Waals surface area contributed by atoms with Crippen molar-refractivity contribution in [1.82, 2.24) is 0 Å². The van der Waals surface area contributed by atoms with Crippen LogP contribution in [0.15, 0.2) is 23.3 Å². The van der Waals surface area contributed by atoms with E-state index in [0.717, 1.165) is 11.1 Å². The standard InChI is InChI=1S/C11H16O2/c1-7-5-8(2)11(4,10(12)13)9(3)6-7/h5-7H,1-4H3,(H,12,13). The van der Waals surface area contributed by atoms with Crippen LogP contribution in [0, 0.1) is 11.3 Å². The first-order valence-corrected chi connectivity index (χ1v) is 4.50. The Balaban J connectivity index is 3.18. The summed E-state index contributed by atoms with van der Waals surface area (Å²) in [4.78, 5) is 11.1. The van der Waals surface area contributed by atoms with Crippen LogP contribution in [-0.4, -0.2) is 11.1 Å². The largest absolute Gasteiger partial charge is 0.480 e. The van der Waals surface area contributed by atoms with Crippen molar-refractivity contribution in [2.75, 3.05) is 0 Å². The van der Waals surface area contributed by atoms with Crippen LogP contribution >= 0.6 is 0 Å². The Morgan fingerprint density at radius 3 is 2.08 bits per heavy atom. The lowest BCUT2D eigenvalue weighted by Gasteiger charge is -2.31. The van der Waals surface area contributed by atoms with E-state index in [9.17, 15) is 4.79 Å². The van der Waals surface area contributed by atoms with Crippen molar-refractivity contribution in [3.05, 3.63) is 23.3 Å². The van der Waals surface area contributed by atoms with Crippen molar-refractivity contribution in [3.8, 4) is 0 Å². The number of allylic oxidation sites excluding steroid dienone is 2. The van der Waals surface area contributed by atoms with Gasteiger partial charge in [-0.15, -0.1) is 0 Å². The molecule has 0 aromatic carbocycles. The molecule has 2 nitrogen and oxygen atoms in total. The number of hydrogen-bond acceptors (Lipinski definition) is 1. The predicted molar refractivity (Wildman–Crippen MR) is 52.4 cm³/mol. The van der Waals surface area contributed by atoms with Gasteiger partial charge in [0.05, 0.1) is 0 Å². The summed E-state index contributed by atoms with van der Waals surface area (Å²) >= 11 is 0. The van der Waals surface area contributed by atoms with Gasteiger partial charge in [0, 0.05) is 0 Å². The van der Waals surface area contributed by atoms with Crippen LogP contribution in [0.4, 0.5) is 0 Å². The maximum atomic E-state index is 11.1. The highest BCUT2D eigenvalue weighted by Crippen LogP contribution is 2.39. The predicted octanol–water partition coefficient (Wildman–Crippen LogP) is 2.62. The molecular weight excluding hydrogens is 164 g/mol. The molecule has 2 heteroatoms. The Morgan fingerprint density at radius 2 is 1.77 bits per heavy atom. The molecule has 72 valence electrons. The molecule has 1 aliphatic rings. The molecule has 0 spiro atoms. The van der Waals surface area contributed by atoms with Gasteiger partial charge in [0.25, 0.3) is 0 Å².